The Hall–Kier alpha value is -1.89. The predicted octanol–water partition coefficient (Wildman–Crippen LogP) is 0.438. The summed E-state index contributed by atoms with van der Waals surface area (Å²) in [6.45, 7) is 1.60. The summed E-state index contributed by atoms with van der Waals surface area (Å²) in [7, 11) is 0. The van der Waals surface area contributed by atoms with Gasteiger partial charge in [-0.25, -0.2) is 9.97 Å². The molecule has 1 rings (SSSR count). The Morgan fingerprint density at radius 2 is 2.17 bits per heavy atom. The van der Waals surface area contributed by atoms with Crippen LogP contribution in [0.1, 0.15) is 6.92 Å². The number of amides is 1. The Bertz CT molecular complexity index is 323. The third kappa shape index (κ3) is 2.39. The third-order valence-corrected chi connectivity index (χ3v) is 1.06. The van der Waals surface area contributed by atoms with Gasteiger partial charge in [0.2, 0.25) is 0 Å². The first-order valence-electron chi connectivity index (χ1n) is 3.31. The van der Waals surface area contributed by atoms with Crippen molar-refractivity contribution in [1.82, 2.24) is 9.97 Å². The zero-order valence-corrected chi connectivity index (χ0v) is 6.53. The van der Waals surface area contributed by atoms with E-state index >= 15 is 0 Å². The maximum absolute atomic E-state index is 10.9. The summed E-state index contributed by atoms with van der Waals surface area (Å²) < 4.78 is 0. The van der Waals surface area contributed by atoms with Crippen LogP contribution in [0.2, 0.25) is 0 Å². The zero-order chi connectivity index (χ0) is 8.81. The van der Waals surface area contributed by atoms with Crippen LogP contribution < -0.4 is 5.32 Å². The summed E-state index contributed by atoms with van der Waals surface area (Å²) in [6.07, 6.45) is 4.39. The lowest BCUT2D eigenvalue weighted by Crippen LogP contribution is -2.08. The van der Waals surface area contributed by atoms with Crippen molar-refractivity contribution >= 4 is 11.6 Å². The standard InChI is InChI=1S/C8H7N3O/c1-2-3-8(12)11-7-4-9-6-10-5-7/h4-6H,1H3,(H,11,12). The molecule has 12 heavy (non-hydrogen) atoms. The molecule has 0 unspecified atom stereocenters. The monoisotopic (exact) mass is 161 g/mol. The van der Waals surface area contributed by atoms with Crippen LogP contribution in [-0.2, 0) is 4.79 Å². The van der Waals surface area contributed by atoms with Gasteiger partial charge in [-0.05, 0) is 12.8 Å². The predicted molar refractivity (Wildman–Crippen MR) is 44.1 cm³/mol. The molecule has 0 saturated heterocycles. The molecule has 0 aliphatic carbocycles. The summed E-state index contributed by atoms with van der Waals surface area (Å²) in [5.74, 6) is 4.47. The van der Waals surface area contributed by atoms with Crippen LogP contribution in [0.25, 0.3) is 0 Å². The molecule has 1 N–H and O–H groups in total. The fourth-order valence-electron chi connectivity index (χ4n) is 0.640. The molecular formula is C8H7N3O. The third-order valence-electron chi connectivity index (χ3n) is 1.06. The van der Waals surface area contributed by atoms with Gasteiger partial charge in [0.05, 0.1) is 18.1 Å². The summed E-state index contributed by atoms with van der Waals surface area (Å²) in [5.41, 5.74) is 0.547. The first-order chi connectivity index (χ1) is 5.83. The molecule has 0 aromatic carbocycles. The van der Waals surface area contributed by atoms with Gasteiger partial charge in [0.1, 0.15) is 6.33 Å². The largest absolute Gasteiger partial charge is 0.312 e. The van der Waals surface area contributed by atoms with Gasteiger partial charge in [-0.15, -0.1) is 0 Å². The van der Waals surface area contributed by atoms with Crippen LogP contribution in [0.3, 0.4) is 0 Å². The van der Waals surface area contributed by atoms with E-state index in [-0.39, 0.29) is 5.91 Å². The molecule has 0 spiro atoms. The van der Waals surface area contributed by atoms with E-state index in [1.165, 1.54) is 18.7 Å². The number of hydrogen-bond donors (Lipinski definition) is 1. The van der Waals surface area contributed by atoms with Crippen molar-refractivity contribution in [2.75, 3.05) is 5.32 Å². The molecule has 0 bridgehead atoms. The number of aromatic nitrogens is 2. The van der Waals surface area contributed by atoms with Gasteiger partial charge >= 0.3 is 0 Å². The highest BCUT2D eigenvalue weighted by Gasteiger charge is 1.95. The highest BCUT2D eigenvalue weighted by Crippen LogP contribution is 1.98. The second-order valence-corrected chi connectivity index (χ2v) is 1.96. The first kappa shape index (κ1) is 8.21. The van der Waals surface area contributed by atoms with Crippen LogP contribution >= 0.6 is 0 Å². The SMILES string of the molecule is CC#CC(=O)Nc1cncnc1. The van der Waals surface area contributed by atoms with E-state index < -0.39 is 0 Å². The first-order valence-corrected chi connectivity index (χ1v) is 3.31. The van der Waals surface area contributed by atoms with Gasteiger partial charge in [-0.1, -0.05) is 5.92 Å². The zero-order valence-electron chi connectivity index (χ0n) is 6.53. The Morgan fingerprint density at radius 1 is 1.50 bits per heavy atom. The Kier molecular flexibility index (Phi) is 2.79. The van der Waals surface area contributed by atoms with E-state index in [1.54, 1.807) is 6.92 Å². The van der Waals surface area contributed by atoms with E-state index in [0.29, 0.717) is 5.69 Å². The highest BCUT2D eigenvalue weighted by molar-refractivity contribution is 6.03. The Labute approximate surface area is 70.0 Å². The van der Waals surface area contributed by atoms with Crippen molar-refractivity contribution in [3.63, 3.8) is 0 Å². The number of anilines is 1. The summed E-state index contributed by atoms with van der Waals surface area (Å²) >= 11 is 0. The summed E-state index contributed by atoms with van der Waals surface area (Å²) in [5, 5.41) is 2.51. The Balaban J connectivity index is 2.63. The van der Waals surface area contributed by atoms with Crippen molar-refractivity contribution in [3.05, 3.63) is 18.7 Å². The summed E-state index contributed by atoms with van der Waals surface area (Å²) in [4.78, 5) is 18.3. The normalized spacial score (nSPS) is 8.08. The fourth-order valence-corrected chi connectivity index (χ4v) is 0.640. The lowest BCUT2D eigenvalue weighted by molar-refractivity contribution is -0.111. The van der Waals surface area contributed by atoms with Gasteiger partial charge in [-0.2, -0.15) is 0 Å². The quantitative estimate of drug-likeness (QED) is 0.608. The van der Waals surface area contributed by atoms with Crippen molar-refractivity contribution in [2.45, 2.75) is 6.92 Å². The lowest BCUT2D eigenvalue weighted by Gasteiger charge is -1.96. The minimum atomic E-state index is -0.354. The fraction of sp³-hybridized carbons (Fsp3) is 0.125. The van der Waals surface area contributed by atoms with Crippen LogP contribution in [0.4, 0.5) is 5.69 Å². The van der Waals surface area contributed by atoms with Crippen molar-refractivity contribution in [3.8, 4) is 11.8 Å². The highest BCUT2D eigenvalue weighted by atomic mass is 16.1. The van der Waals surface area contributed by atoms with Gasteiger partial charge in [0, 0.05) is 0 Å². The Morgan fingerprint density at radius 3 is 2.75 bits per heavy atom. The van der Waals surface area contributed by atoms with Crippen LogP contribution in [0.15, 0.2) is 18.7 Å². The molecule has 0 saturated carbocycles. The molecule has 0 fully saturated rings. The van der Waals surface area contributed by atoms with E-state index in [4.69, 9.17) is 0 Å². The smallest absolute Gasteiger partial charge is 0.300 e. The average molecular weight is 161 g/mol. The molecule has 4 nitrogen and oxygen atoms in total. The number of nitrogens with zero attached hydrogens (tertiary/aromatic N) is 2. The van der Waals surface area contributed by atoms with E-state index in [0.717, 1.165) is 0 Å². The maximum atomic E-state index is 10.9. The minimum Gasteiger partial charge on any atom is -0.312 e. The molecule has 1 aromatic rings. The van der Waals surface area contributed by atoms with Gasteiger partial charge < -0.3 is 5.32 Å². The van der Waals surface area contributed by atoms with E-state index in [9.17, 15) is 4.79 Å². The number of rotatable bonds is 1. The molecule has 0 radical (unpaired) electrons. The van der Waals surface area contributed by atoms with Crippen molar-refractivity contribution in [2.24, 2.45) is 0 Å². The topological polar surface area (TPSA) is 54.9 Å². The molecule has 1 heterocycles. The van der Waals surface area contributed by atoms with Crippen LogP contribution in [0, 0.1) is 11.8 Å². The van der Waals surface area contributed by atoms with E-state index in [2.05, 4.69) is 27.1 Å². The van der Waals surface area contributed by atoms with Crippen LogP contribution in [-0.4, -0.2) is 15.9 Å². The van der Waals surface area contributed by atoms with Crippen LogP contribution in [0.5, 0.6) is 0 Å². The second-order valence-electron chi connectivity index (χ2n) is 1.96. The average Bonchev–Trinajstić information content (AvgIpc) is 2.06. The molecular weight excluding hydrogens is 154 g/mol. The number of carbonyl (C=O) groups is 1. The van der Waals surface area contributed by atoms with Crippen molar-refractivity contribution in [1.29, 1.82) is 0 Å². The van der Waals surface area contributed by atoms with Gasteiger partial charge in [-0.3, -0.25) is 4.79 Å². The molecule has 0 aliphatic heterocycles. The molecule has 60 valence electrons. The lowest BCUT2D eigenvalue weighted by atomic mass is 10.5. The molecule has 0 aliphatic rings. The van der Waals surface area contributed by atoms with E-state index in [1.807, 2.05) is 0 Å². The van der Waals surface area contributed by atoms with Gasteiger partial charge in [0.25, 0.3) is 5.91 Å². The van der Waals surface area contributed by atoms with Crippen molar-refractivity contribution < 1.29 is 4.79 Å². The second kappa shape index (κ2) is 4.09. The van der Waals surface area contributed by atoms with Gasteiger partial charge in [0.15, 0.2) is 0 Å². The molecule has 0 atom stereocenters. The molecule has 1 aromatic heterocycles. The minimum absolute atomic E-state index is 0.354. The summed E-state index contributed by atoms with van der Waals surface area (Å²) in [6, 6.07) is 0. The molecule has 1 amide bonds. The molecule has 4 heteroatoms. The number of nitrogens with one attached hydrogen (secondary N) is 1. The number of carbonyl (C=O) groups excluding carboxylic acids is 1. The number of hydrogen-bond acceptors (Lipinski definition) is 3. The maximum Gasteiger partial charge on any atom is 0.300 e.